The first-order valence-electron chi connectivity index (χ1n) is 5.51. The first-order chi connectivity index (χ1) is 9.21. The highest BCUT2D eigenvalue weighted by atomic mass is 32.2. The van der Waals surface area contributed by atoms with Gasteiger partial charge in [0, 0.05) is 24.1 Å². The average Bonchev–Trinajstić information content (AvgIpc) is 2.44. The number of nitrogen functional groups attached to an aromatic ring is 1. The molecule has 19 heavy (non-hydrogen) atoms. The maximum absolute atomic E-state index is 5.74. The molecule has 7 heteroatoms. The van der Waals surface area contributed by atoms with E-state index in [0.717, 1.165) is 16.5 Å². The third kappa shape index (κ3) is 4.00. The average molecular weight is 294 g/mol. The van der Waals surface area contributed by atoms with Crippen molar-refractivity contribution in [2.24, 2.45) is 0 Å². The standard InChI is InChI=1S/C12H14N4OS2/c1-17-9-3-4-14-8(5-9)7-19-12-15-10(13)6-11(16-12)18-2/h3-6H,7H2,1-2H3,(H2,13,15,16). The van der Waals surface area contributed by atoms with Gasteiger partial charge in [-0.2, -0.15) is 0 Å². The van der Waals surface area contributed by atoms with Crippen molar-refractivity contribution < 1.29 is 4.74 Å². The van der Waals surface area contributed by atoms with E-state index in [2.05, 4.69) is 15.0 Å². The van der Waals surface area contributed by atoms with Crippen LogP contribution in [0.1, 0.15) is 5.69 Å². The Morgan fingerprint density at radius 3 is 2.89 bits per heavy atom. The van der Waals surface area contributed by atoms with Crippen LogP contribution < -0.4 is 10.5 Å². The first-order valence-corrected chi connectivity index (χ1v) is 7.72. The molecule has 100 valence electrons. The lowest BCUT2D eigenvalue weighted by Gasteiger charge is -2.04. The van der Waals surface area contributed by atoms with Gasteiger partial charge in [0.1, 0.15) is 16.6 Å². The van der Waals surface area contributed by atoms with Crippen LogP contribution >= 0.6 is 23.5 Å². The second-order valence-corrected chi connectivity index (χ2v) is 5.36. The van der Waals surface area contributed by atoms with Gasteiger partial charge >= 0.3 is 0 Å². The quantitative estimate of drug-likeness (QED) is 0.516. The van der Waals surface area contributed by atoms with Crippen molar-refractivity contribution in [2.75, 3.05) is 19.1 Å². The number of thioether (sulfide) groups is 2. The Kier molecular flexibility index (Phi) is 4.86. The molecule has 0 amide bonds. The molecule has 0 saturated heterocycles. The lowest BCUT2D eigenvalue weighted by atomic mass is 10.3. The molecule has 0 aliphatic carbocycles. The van der Waals surface area contributed by atoms with Crippen molar-refractivity contribution >= 4 is 29.3 Å². The molecule has 0 saturated carbocycles. The zero-order valence-corrected chi connectivity index (χ0v) is 12.3. The number of nitrogens with two attached hydrogens (primary N) is 1. The van der Waals surface area contributed by atoms with Gasteiger partial charge in [-0.15, -0.1) is 11.8 Å². The van der Waals surface area contributed by atoms with Gasteiger partial charge in [0.25, 0.3) is 0 Å². The normalized spacial score (nSPS) is 10.4. The van der Waals surface area contributed by atoms with Crippen molar-refractivity contribution in [3.05, 3.63) is 30.1 Å². The number of anilines is 1. The summed E-state index contributed by atoms with van der Waals surface area (Å²) in [5.41, 5.74) is 6.65. The second kappa shape index (κ2) is 6.63. The van der Waals surface area contributed by atoms with E-state index < -0.39 is 0 Å². The summed E-state index contributed by atoms with van der Waals surface area (Å²) in [5, 5.41) is 1.53. The summed E-state index contributed by atoms with van der Waals surface area (Å²) in [5.74, 6) is 1.96. The molecule has 0 aromatic carbocycles. The van der Waals surface area contributed by atoms with Gasteiger partial charge < -0.3 is 10.5 Å². The van der Waals surface area contributed by atoms with Gasteiger partial charge in [-0.3, -0.25) is 4.98 Å². The Balaban J connectivity index is 2.07. The fourth-order valence-electron chi connectivity index (χ4n) is 1.39. The summed E-state index contributed by atoms with van der Waals surface area (Å²) in [4.78, 5) is 12.9. The minimum Gasteiger partial charge on any atom is -0.497 e. The van der Waals surface area contributed by atoms with Gasteiger partial charge in [0.05, 0.1) is 12.8 Å². The van der Waals surface area contributed by atoms with Crippen molar-refractivity contribution in [3.8, 4) is 5.75 Å². The first kappa shape index (κ1) is 14.0. The van der Waals surface area contributed by atoms with Gasteiger partial charge in [-0.25, -0.2) is 9.97 Å². The van der Waals surface area contributed by atoms with E-state index in [0.29, 0.717) is 16.7 Å². The van der Waals surface area contributed by atoms with E-state index in [9.17, 15) is 0 Å². The molecule has 0 spiro atoms. The highest BCUT2D eigenvalue weighted by Crippen LogP contribution is 2.23. The van der Waals surface area contributed by atoms with E-state index in [1.54, 1.807) is 31.1 Å². The SMILES string of the molecule is COc1ccnc(CSc2nc(N)cc(SC)n2)c1. The summed E-state index contributed by atoms with van der Waals surface area (Å²) in [6, 6.07) is 5.48. The molecule has 0 unspecified atom stereocenters. The van der Waals surface area contributed by atoms with Crippen LogP contribution in [0.25, 0.3) is 0 Å². The predicted molar refractivity (Wildman–Crippen MR) is 78.6 cm³/mol. The molecule has 2 heterocycles. The Bertz CT molecular complexity index is 565. The number of aromatic nitrogens is 3. The van der Waals surface area contributed by atoms with E-state index in [1.165, 1.54) is 11.8 Å². The summed E-state index contributed by atoms with van der Waals surface area (Å²) in [6.07, 6.45) is 3.68. The Hall–Kier alpha value is -1.47. The molecule has 0 atom stereocenters. The predicted octanol–water partition coefficient (Wildman–Crippen LogP) is 2.48. The summed E-state index contributed by atoms with van der Waals surface area (Å²) in [7, 11) is 1.64. The van der Waals surface area contributed by atoms with E-state index in [1.807, 2.05) is 18.4 Å². The largest absolute Gasteiger partial charge is 0.497 e. The molecule has 2 rings (SSSR count). The molecule has 0 bridgehead atoms. The van der Waals surface area contributed by atoms with Crippen LogP contribution in [0.3, 0.4) is 0 Å². The Morgan fingerprint density at radius 1 is 1.32 bits per heavy atom. The molecule has 2 aromatic heterocycles. The zero-order chi connectivity index (χ0) is 13.7. The van der Waals surface area contributed by atoms with Crippen LogP contribution in [0, 0.1) is 0 Å². The summed E-state index contributed by atoms with van der Waals surface area (Å²) in [6.45, 7) is 0. The molecule has 0 radical (unpaired) electrons. The fourth-order valence-corrected chi connectivity index (χ4v) is 2.63. The summed E-state index contributed by atoms with van der Waals surface area (Å²) < 4.78 is 5.16. The second-order valence-electron chi connectivity index (χ2n) is 3.59. The number of nitrogens with zero attached hydrogens (tertiary/aromatic N) is 3. The van der Waals surface area contributed by atoms with Gasteiger partial charge in [0.2, 0.25) is 0 Å². The number of hydrogen-bond donors (Lipinski definition) is 1. The van der Waals surface area contributed by atoms with Crippen molar-refractivity contribution in [1.29, 1.82) is 0 Å². The van der Waals surface area contributed by atoms with Crippen LogP contribution in [0.4, 0.5) is 5.82 Å². The molecule has 5 nitrogen and oxygen atoms in total. The number of ether oxygens (including phenoxy) is 1. The molecular weight excluding hydrogens is 280 g/mol. The minimum absolute atomic E-state index is 0.487. The lowest BCUT2D eigenvalue weighted by Crippen LogP contribution is -1.97. The van der Waals surface area contributed by atoms with E-state index >= 15 is 0 Å². The maximum Gasteiger partial charge on any atom is 0.190 e. The van der Waals surface area contributed by atoms with Crippen molar-refractivity contribution in [1.82, 2.24) is 15.0 Å². The van der Waals surface area contributed by atoms with Crippen LogP contribution in [0.5, 0.6) is 5.75 Å². The molecule has 2 aromatic rings. The van der Waals surface area contributed by atoms with E-state index in [4.69, 9.17) is 10.5 Å². The van der Waals surface area contributed by atoms with Crippen molar-refractivity contribution in [3.63, 3.8) is 0 Å². The summed E-state index contributed by atoms with van der Waals surface area (Å²) >= 11 is 3.05. The van der Waals surface area contributed by atoms with Crippen LogP contribution in [0.2, 0.25) is 0 Å². The lowest BCUT2D eigenvalue weighted by molar-refractivity contribution is 0.413. The zero-order valence-electron chi connectivity index (χ0n) is 10.7. The number of hydrogen-bond acceptors (Lipinski definition) is 7. The molecule has 0 aliphatic rings. The number of rotatable bonds is 5. The third-order valence-electron chi connectivity index (χ3n) is 2.28. The van der Waals surface area contributed by atoms with Crippen LogP contribution in [0.15, 0.2) is 34.6 Å². The van der Waals surface area contributed by atoms with Gasteiger partial charge in [-0.1, -0.05) is 11.8 Å². The smallest absolute Gasteiger partial charge is 0.190 e. The van der Waals surface area contributed by atoms with Gasteiger partial charge in [-0.05, 0) is 12.3 Å². The molecule has 0 fully saturated rings. The van der Waals surface area contributed by atoms with E-state index in [-0.39, 0.29) is 0 Å². The monoisotopic (exact) mass is 294 g/mol. The van der Waals surface area contributed by atoms with Crippen LogP contribution in [-0.2, 0) is 5.75 Å². The topological polar surface area (TPSA) is 73.9 Å². The third-order valence-corrected chi connectivity index (χ3v) is 3.79. The number of methoxy groups -OCH3 is 1. The van der Waals surface area contributed by atoms with Crippen LogP contribution in [-0.4, -0.2) is 28.3 Å². The highest BCUT2D eigenvalue weighted by molar-refractivity contribution is 7.99. The Labute approximate surface area is 120 Å². The van der Waals surface area contributed by atoms with Crippen molar-refractivity contribution in [2.45, 2.75) is 15.9 Å². The molecular formula is C12H14N4OS2. The molecule has 2 N–H and O–H groups in total. The number of pyridine rings is 1. The highest BCUT2D eigenvalue weighted by Gasteiger charge is 2.05. The fraction of sp³-hybridized carbons (Fsp3) is 0.250. The minimum atomic E-state index is 0.487. The maximum atomic E-state index is 5.74. The molecule has 0 aliphatic heterocycles. The Morgan fingerprint density at radius 2 is 2.16 bits per heavy atom. The van der Waals surface area contributed by atoms with Gasteiger partial charge in [0.15, 0.2) is 5.16 Å².